The average molecular weight is 348 g/mol. The van der Waals surface area contributed by atoms with E-state index < -0.39 is 0 Å². The van der Waals surface area contributed by atoms with Crippen LogP contribution >= 0.6 is 0 Å². The predicted octanol–water partition coefficient (Wildman–Crippen LogP) is 5.93. The van der Waals surface area contributed by atoms with Crippen molar-refractivity contribution in [1.29, 1.82) is 0 Å². The second kappa shape index (κ2) is 12.6. The second-order valence-electron chi connectivity index (χ2n) is 6.17. The third-order valence-corrected chi connectivity index (χ3v) is 1.61. The quantitative estimate of drug-likeness (QED) is 0.330. The summed E-state index contributed by atoms with van der Waals surface area (Å²) in [6.45, 7) is 16.8. The first kappa shape index (κ1) is 23.7. The van der Waals surface area contributed by atoms with Gasteiger partial charge in [0.25, 0.3) is 0 Å². The first-order chi connectivity index (χ1) is 8.12. The molecule has 0 bridgehead atoms. The maximum Gasteiger partial charge on any atom is 2.00 e. The van der Waals surface area contributed by atoms with Gasteiger partial charge in [-0.15, -0.1) is 0 Å². The molecule has 0 rings (SSSR count). The van der Waals surface area contributed by atoms with E-state index in [1.165, 1.54) is 0 Å². The topological polar surface area (TPSA) is 0 Å². The Morgan fingerprint density at radius 1 is 0.632 bits per heavy atom. The van der Waals surface area contributed by atoms with E-state index in [9.17, 15) is 0 Å². The van der Waals surface area contributed by atoms with E-state index in [2.05, 4.69) is 53.7 Å². The Morgan fingerprint density at radius 3 is 1.05 bits per heavy atom. The molecule has 110 valence electrons. The zero-order valence-electron chi connectivity index (χ0n) is 13.8. The summed E-state index contributed by atoms with van der Waals surface area (Å²) in [6.07, 6.45) is 18.3. The van der Waals surface area contributed by atoms with Gasteiger partial charge >= 0.3 is 19.5 Å². The predicted molar refractivity (Wildman–Crippen MR) is 84.2 cm³/mol. The van der Waals surface area contributed by atoms with Crippen molar-refractivity contribution in [3.8, 4) is 0 Å². The van der Waals surface area contributed by atoms with E-state index in [0.29, 0.717) is 0 Å². The summed E-state index contributed by atoms with van der Waals surface area (Å²) in [7, 11) is 0. The molecule has 0 N–H and O–H groups in total. The summed E-state index contributed by atoms with van der Waals surface area (Å²) in [5, 5.41) is 0. The summed E-state index contributed by atoms with van der Waals surface area (Å²) in [6, 6.07) is 0. The molecule has 0 aromatic heterocycles. The van der Waals surface area contributed by atoms with Crippen LogP contribution in [0.4, 0.5) is 0 Å². The molecule has 0 fully saturated rings. The van der Waals surface area contributed by atoms with Crippen molar-refractivity contribution in [2.24, 2.45) is 10.8 Å². The van der Waals surface area contributed by atoms with Gasteiger partial charge in [-0.1, -0.05) is 66.2 Å². The molecular weight excluding hydrogens is 317 g/mol. The summed E-state index contributed by atoms with van der Waals surface area (Å²) in [4.78, 5) is 0. The molecule has 19 heavy (non-hydrogen) atoms. The Hall–Kier alpha value is -0.417. The van der Waals surface area contributed by atoms with Gasteiger partial charge in [-0.3, -0.25) is 12.2 Å². The maximum atomic E-state index is 3.21. The van der Waals surface area contributed by atoms with Gasteiger partial charge in [0.05, 0.1) is 0 Å². The van der Waals surface area contributed by atoms with Crippen LogP contribution in [0.25, 0.3) is 0 Å². The number of rotatable bonds is 2. The molecule has 0 radical (unpaired) electrons. The van der Waals surface area contributed by atoms with E-state index in [4.69, 9.17) is 0 Å². The molecule has 0 heterocycles. The van der Waals surface area contributed by atoms with Crippen LogP contribution in [0.5, 0.6) is 0 Å². The zero-order valence-corrected chi connectivity index (χ0v) is 15.6. The molecule has 0 aliphatic rings. The monoisotopic (exact) mass is 348 g/mol. The minimum Gasteiger partial charge on any atom is -0.270 e. The van der Waals surface area contributed by atoms with E-state index >= 15 is 0 Å². The molecule has 0 saturated carbocycles. The summed E-state index contributed by atoms with van der Waals surface area (Å²) >= 11 is 0. The van der Waals surface area contributed by atoms with Crippen LogP contribution in [-0.4, -0.2) is 0 Å². The number of hydrogen-bond donors (Lipinski definition) is 0. The Balaban J connectivity index is -0.000000256. The van der Waals surface area contributed by atoms with Crippen LogP contribution in [0.2, 0.25) is 0 Å². The maximum absolute atomic E-state index is 3.21. The molecule has 0 aliphatic heterocycles. The van der Waals surface area contributed by atoms with Gasteiger partial charge in [0.15, 0.2) is 0 Å². The van der Waals surface area contributed by atoms with Gasteiger partial charge in [-0.2, -0.15) is 12.2 Å². The standard InChI is InChI=1S/2C9H15.Ru/c2*1-5-6-7-8-9(2,3)4;/h2*5-7H,1-4H3;/q2*-1;+2/b2*6-5+;. The van der Waals surface area contributed by atoms with Crippen LogP contribution in [0.1, 0.15) is 55.4 Å². The number of hydrogen-bond acceptors (Lipinski definition) is 0. The first-order valence-electron chi connectivity index (χ1n) is 6.57. The molecule has 0 spiro atoms. The van der Waals surface area contributed by atoms with Gasteiger partial charge in [0.2, 0.25) is 0 Å². The smallest absolute Gasteiger partial charge is 0.270 e. The van der Waals surface area contributed by atoms with Crippen molar-refractivity contribution in [2.45, 2.75) is 55.4 Å². The molecule has 0 aromatic carbocycles. The van der Waals surface area contributed by atoms with Crippen LogP contribution in [-0.2, 0) is 19.5 Å². The average Bonchev–Trinajstić information content (AvgIpc) is 2.16. The van der Waals surface area contributed by atoms with Crippen LogP contribution in [0.15, 0.2) is 36.5 Å². The van der Waals surface area contributed by atoms with Crippen LogP contribution in [0, 0.1) is 23.0 Å². The minimum atomic E-state index is 0. The van der Waals surface area contributed by atoms with Crippen molar-refractivity contribution in [3.63, 3.8) is 0 Å². The molecule has 0 nitrogen and oxygen atoms in total. The van der Waals surface area contributed by atoms with E-state index in [-0.39, 0.29) is 30.3 Å². The molecule has 0 aromatic rings. The molecule has 0 unspecified atom stereocenters. The van der Waals surface area contributed by atoms with Crippen LogP contribution in [0.3, 0.4) is 0 Å². The van der Waals surface area contributed by atoms with Crippen molar-refractivity contribution in [2.75, 3.05) is 0 Å². The van der Waals surface area contributed by atoms with Crippen molar-refractivity contribution in [1.82, 2.24) is 0 Å². The Bertz CT molecular complexity index is 259. The van der Waals surface area contributed by atoms with Crippen molar-refractivity contribution < 1.29 is 19.5 Å². The Morgan fingerprint density at radius 2 is 0.895 bits per heavy atom. The molecular formula is C18H30Ru. The summed E-state index contributed by atoms with van der Waals surface area (Å²) in [5.41, 5.74) is 0.388. The summed E-state index contributed by atoms with van der Waals surface area (Å²) in [5.74, 6) is 0. The normalized spacial score (nSPS) is 13.1. The zero-order chi connectivity index (χ0) is 14.7. The van der Waals surface area contributed by atoms with Gasteiger partial charge in [0, 0.05) is 0 Å². The van der Waals surface area contributed by atoms with Crippen molar-refractivity contribution >= 4 is 0 Å². The Labute approximate surface area is 134 Å². The number of allylic oxidation sites excluding steroid dienone is 8. The molecule has 0 saturated heterocycles. The molecule has 0 atom stereocenters. The van der Waals surface area contributed by atoms with Crippen molar-refractivity contribution in [3.05, 3.63) is 48.6 Å². The van der Waals surface area contributed by atoms with Gasteiger partial charge in [-0.05, 0) is 0 Å². The fraction of sp³-hybridized carbons (Fsp3) is 0.556. The fourth-order valence-corrected chi connectivity index (χ4v) is 0.789. The minimum absolute atomic E-state index is 0. The van der Waals surface area contributed by atoms with Gasteiger partial charge < -0.3 is 0 Å². The third-order valence-electron chi connectivity index (χ3n) is 1.61. The van der Waals surface area contributed by atoms with E-state index in [1.807, 2.05) is 50.3 Å². The molecule has 0 amide bonds. The van der Waals surface area contributed by atoms with Gasteiger partial charge in [0.1, 0.15) is 0 Å². The van der Waals surface area contributed by atoms with E-state index in [0.717, 1.165) is 0 Å². The third kappa shape index (κ3) is 31.8. The molecule has 1 heteroatoms. The SMILES string of the molecule is C/C=C/C=[C-]C(C)(C)C.C/C=C/C=[C-]C(C)(C)C.[Ru+2]. The summed E-state index contributed by atoms with van der Waals surface area (Å²) < 4.78 is 0. The van der Waals surface area contributed by atoms with Crippen LogP contribution < -0.4 is 0 Å². The molecule has 0 aliphatic carbocycles. The Kier molecular flexibility index (Phi) is 15.7. The van der Waals surface area contributed by atoms with Gasteiger partial charge in [-0.25, -0.2) is 24.3 Å². The fourth-order valence-electron chi connectivity index (χ4n) is 0.789. The largest absolute Gasteiger partial charge is 2.00 e. The second-order valence-corrected chi connectivity index (χ2v) is 6.17. The van der Waals surface area contributed by atoms with E-state index in [1.54, 1.807) is 0 Å². The first-order valence-corrected chi connectivity index (χ1v) is 6.57.